The molecule has 2 aliphatic heterocycles. The molecule has 1 atom stereocenters. The van der Waals surface area contributed by atoms with Crippen LogP contribution in [-0.2, 0) is 31.3 Å². The summed E-state index contributed by atoms with van der Waals surface area (Å²) in [5.74, 6) is -0.339. The van der Waals surface area contributed by atoms with Crippen LogP contribution in [0.4, 0.5) is 13.2 Å². The number of benzene rings is 2. The van der Waals surface area contributed by atoms with Crippen molar-refractivity contribution in [3.05, 3.63) is 62.6 Å². The highest BCUT2D eigenvalue weighted by Gasteiger charge is 2.40. The predicted molar refractivity (Wildman–Crippen MR) is 149 cm³/mol. The van der Waals surface area contributed by atoms with Crippen LogP contribution in [0.25, 0.3) is 0 Å². The zero-order valence-corrected chi connectivity index (χ0v) is 25.1. The third-order valence-electron chi connectivity index (χ3n) is 7.90. The minimum Gasteiger partial charge on any atom is -0.385 e. The summed E-state index contributed by atoms with van der Waals surface area (Å²) in [5.41, 5.74) is -1.23. The van der Waals surface area contributed by atoms with Gasteiger partial charge in [0.2, 0.25) is 15.9 Å². The number of sulfonamides is 1. The van der Waals surface area contributed by atoms with E-state index in [2.05, 4.69) is 0 Å². The molecule has 0 saturated carbocycles. The number of rotatable bonds is 7. The topological polar surface area (TPSA) is 87.2 Å². The van der Waals surface area contributed by atoms with E-state index in [4.69, 9.17) is 27.9 Å². The lowest BCUT2D eigenvalue weighted by Crippen LogP contribution is -2.48. The molecule has 0 radical (unpaired) electrons. The van der Waals surface area contributed by atoms with Crippen molar-refractivity contribution < 1.29 is 36.2 Å². The van der Waals surface area contributed by atoms with Crippen LogP contribution in [0.1, 0.15) is 54.4 Å². The van der Waals surface area contributed by atoms with Gasteiger partial charge in [0.25, 0.3) is 0 Å². The molecule has 13 heteroatoms. The summed E-state index contributed by atoms with van der Waals surface area (Å²) in [4.78, 5) is 14.5. The van der Waals surface area contributed by atoms with Crippen molar-refractivity contribution in [1.29, 1.82) is 0 Å². The lowest BCUT2D eigenvalue weighted by Gasteiger charge is -2.39. The highest BCUT2D eigenvalue weighted by atomic mass is 35.5. The fraction of sp³-hybridized carbons (Fsp3) is 0.536. The standard InChI is InChI=1S/C28H33Cl2F3N2O5S/c1-18-14-25(19(2)13-24(18)30)41(38,39)35-10-4-3-5-21(35)16-40-17-26(36)34-11-8-27(37,9-12-34)20-6-7-23(29)22(15-20)28(31,32)33/h6-7,13-15,21,37H,3-5,8-12,16-17H2,1-2H3. The number of aryl methyl sites for hydroxylation is 2. The SMILES string of the molecule is Cc1cc(S(=O)(=O)N2CCCCC2COCC(=O)N2CCC(O)(c3ccc(Cl)c(C(F)(F)F)c3)CC2)c(C)cc1Cl. The number of alkyl halides is 3. The van der Waals surface area contributed by atoms with Crippen molar-refractivity contribution in [2.45, 2.75) is 68.7 Å². The number of amides is 1. The Hall–Kier alpha value is -1.89. The van der Waals surface area contributed by atoms with Crippen molar-refractivity contribution in [3.8, 4) is 0 Å². The van der Waals surface area contributed by atoms with E-state index in [0.29, 0.717) is 29.1 Å². The fourth-order valence-corrected chi connectivity index (χ4v) is 7.85. The average molecular weight is 638 g/mol. The molecule has 226 valence electrons. The molecule has 2 saturated heterocycles. The third kappa shape index (κ3) is 7.02. The first-order valence-electron chi connectivity index (χ1n) is 13.4. The number of hydrogen-bond donors (Lipinski definition) is 1. The van der Waals surface area contributed by atoms with Crippen LogP contribution in [-0.4, -0.2) is 67.5 Å². The van der Waals surface area contributed by atoms with Gasteiger partial charge < -0.3 is 14.7 Å². The highest BCUT2D eigenvalue weighted by Crippen LogP contribution is 2.40. The molecule has 2 fully saturated rings. The molecule has 4 rings (SSSR count). The summed E-state index contributed by atoms with van der Waals surface area (Å²) < 4.78 is 74.1. The molecular formula is C28H33Cl2F3N2O5S. The maximum atomic E-state index is 13.6. The fourth-order valence-electron chi connectivity index (χ4n) is 5.44. The first kappa shape index (κ1) is 32.0. The summed E-state index contributed by atoms with van der Waals surface area (Å²) in [7, 11) is -3.81. The smallest absolute Gasteiger partial charge is 0.385 e. The van der Waals surface area contributed by atoms with E-state index in [9.17, 15) is 31.5 Å². The van der Waals surface area contributed by atoms with Gasteiger partial charge in [-0.05, 0) is 80.5 Å². The van der Waals surface area contributed by atoms with Crippen LogP contribution in [0.15, 0.2) is 35.2 Å². The Balaban J connectivity index is 1.35. The monoisotopic (exact) mass is 636 g/mol. The zero-order valence-electron chi connectivity index (χ0n) is 22.8. The van der Waals surface area contributed by atoms with Gasteiger partial charge in [-0.25, -0.2) is 8.42 Å². The van der Waals surface area contributed by atoms with E-state index in [1.807, 2.05) is 0 Å². The Morgan fingerprint density at radius 1 is 1.05 bits per heavy atom. The third-order valence-corrected chi connectivity index (χ3v) is 10.7. The van der Waals surface area contributed by atoms with Crippen LogP contribution in [0, 0.1) is 13.8 Å². The van der Waals surface area contributed by atoms with Gasteiger partial charge in [-0.2, -0.15) is 17.5 Å². The molecule has 0 aliphatic carbocycles. The van der Waals surface area contributed by atoms with Crippen molar-refractivity contribution in [2.24, 2.45) is 0 Å². The summed E-state index contributed by atoms with van der Waals surface area (Å²) in [6.07, 6.45) is -2.42. The molecule has 1 N–H and O–H groups in total. The Labute approximate surface area is 248 Å². The van der Waals surface area contributed by atoms with Crippen LogP contribution in [0.3, 0.4) is 0 Å². The van der Waals surface area contributed by atoms with Gasteiger partial charge in [-0.1, -0.05) is 35.7 Å². The molecule has 7 nitrogen and oxygen atoms in total. The summed E-state index contributed by atoms with van der Waals surface area (Å²) in [6.45, 7) is 3.81. The summed E-state index contributed by atoms with van der Waals surface area (Å²) >= 11 is 11.9. The normalized spacial score (nSPS) is 20.3. The first-order chi connectivity index (χ1) is 19.1. The van der Waals surface area contributed by atoms with Gasteiger partial charge in [0.15, 0.2) is 0 Å². The van der Waals surface area contributed by atoms with Gasteiger partial charge in [0.1, 0.15) is 6.61 Å². The van der Waals surface area contributed by atoms with Crippen LogP contribution < -0.4 is 0 Å². The second-order valence-corrected chi connectivity index (χ2v) is 13.4. The second-order valence-electron chi connectivity index (χ2n) is 10.8. The number of aliphatic hydroxyl groups is 1. The second kappa shape index (κ2) is 12.4. The van der Waals surface area contributed by atoms with E-state index in [-0.39, 0.29) is 55.5 Å². The number of carbonyl (C=O) groups is 1. The van der Waals surface area contributed by atoms with Crippen molar-refractivity contribution >= 4 is 39.1 Å². The predicted octanol–water partition coefficient (Wildman–Crippen LogP) is 5.70. The average Bonchev–Trinajstić information content (AvgIpc) is 2.90. The molecular weight excluding hydrogens is 604 g/mol. The van der Waals surface area contributed by atoms with Crippen molar-refractivity contribution in [3.63, 3.8) is 0 Å². The summed E-state index contributed by atoms with van der Waals surface area (Å²) in [5, 5.41) is 11.1. The number of likely N-dealkylation sites (tertiary alicyclic amines) is 1. The Bertz CT molecular complexity index is 1400. The zero-order chi connectivity index (χ0) is 30.2. The van der Waals surface area contributed by atoms with E-state index in [1.54, 1.807) is 26.0 Å². The number of halogens is 5. The Morgan fingerprint density at radius 3 is 2.39 bits per heavy atom. The molecule has 1 amide bonds. The van der Waals surface area contributed by atoms with Gasteiger partial charge in [-0.15, -0.1) is 0 Å². The van der Waals surface area contributed by atoms with Crippen molar-refractivity contribution in [2.75, 3.05) is 32.8 Å². The molecule has 2 aromatic carbocycles. The quantitative estimate of drug-likeness (QED) is 0.421. The number of nitrogens with zero attached hydrogens (tertiary/aromatic N) is 2. The minimum atomic E-state index is -4.66. The molecule has 0 aromatic heterocycles. The van der Waals surface area contributed by atoms with Gasteiger partial charge in [0, 0.05) is 30.7 Å². The number of ether oxygens (including phenoxy) is 1. The highest BCUT2D eigenvalue weighted by molar-refractivity contribution is 7.89. The van der Waals surface area contributed by atoms with Crippen LogP contribution >= 0.6 is 23.2 Å². The number of carbonyl (C=O) groups excluding carboxylic acids is 1. The van der Waals surface area contributed by atoms with E-state index < -0.39 is 38.4 Å². The van der Waals surface area contributed by atoms with Gasteiger partial charge in [-0.3, -0.25) is 4.79 Å². The molecule has 1 unspecified atom stereocenters. The Morgan fingerprint density at radius 2 is 1.73 bits per heavy atom. The maximum Gasteiger partial charge on any atom is 0.417 e. The summed E-state index contributed by atoms with van der Waals surface area (Å²) in [6, 6.07) is 6.13. The van der Waals surface area contributed by atoms with Crippen LogP contribution in [0.2, 0.25) is 10.0 Å². The molecule has 0 bridgehead atoms. The lowest BCUT2D eigenvalue weighted by atomic mass is 9.83. The lowest BCUT2D eigenvalue weighted by molar-refractivity contribution is -0.141. The molecule has 0 spiro atoms. The first-order valence-corrected chi connectivity index (χ1v) is 15.6. The molecule has 2 aliphatic rings. The van der Waals surface area contributed by atoms with Gasteiger partial charge in [0.05, 0.1) is 27.7 Å². The minimum absolute atomic E-state index is 0.0410. The molecule has 2 heterocycles. The molecule has 2 aromatic rings. The van der Waals surface area contributed by atoms with E-state index >= 15 is 0 Å². The van der Waals surface area contributed by atoms with Gasteiger partial charge >= 0.3 is 6.18 Å². The largest absolute Gasteiger partial charge is 0.417 e. The maximum absolute atomic E-state index is 13.6. The van der Waals surface area contributed by atoms with E-state index in [1.165, 1.54) is 15.3 Å². The number of piperidine rings is 2. The van der Waals surface area contributed by atoms with Crippen LogP contribution in [0.5, 0.6) is 0 Å². The van der Waals surface area contributed by atoms with E-state index in [0.717, 1.165) is 25.0 Å². The van der Waals surface area contributed by atoms with Crippen molar-refractivity contribution in [1.82, 2.24) is 9.21 Å². The molecule has 41 heavy (non-hydrogen) atoms. The Kier molecular flexibility index (Phi) is 9.67. The number of hydrogen-bond acceptors (Lipinski definition) is 5.